The van der Waals surface area contributed by atoms with E-state index in [1.807, 2.05) is 11.8 Å². The van der Waals surface area contributed by atoms with Crippen LogP contribution in [0.15, 0.2) is 78.9 Å². The van der Waals surface area contributed by atoms with Crippen LogP contribution < -0.4 is 4.74 Å². The molecule has 0 saturated heterocycles. The van der Waals surface area contributed by atoms with Crippen molar-refractivity contribution in [3.05, 3.63) is 101 Å². The number of carboxylic acid groups (broad SMARTS) is 1. The zero-order valence-corrected chi connectivity index (χ0v) is 18.4. The Morgan fingerprint density at radius 2 is 1.65 bits per heavy atom. The van der Waals surface area contributed by atoms with Gasteiger partial charge in [0.1, 0.15) is 5.75 Å². The van der Waals surface area contributed by atoms with Crippen molar-refractivity contribution in [1.29, 1.82) is 0 Å². The molecule has 0 saturated carbocycles. The lowest BCUT2D eigenvalue weighted by Crippen LogP contribution is -2.04. The number of aliphatic carboxylic acids is 1. The second kappa shape index (κ2) is 10.5. The average Bonchev–Trinajstić information content (AvgIpc) is 3.22. The van der Waals surface area contributed by atoms with Crippen molar-refractivity contribution in [2.24, 2.45) is 0 Å². The number of carbonyl (C=O) groups is 1. The van der Waals surface area contributed by atoms with Crippen molar-refractivity contribution in [2.75, 3.05) is 12.4 Å². The summed E-state index contributed by atoms with van der Waals surface area (Å²) in [4.78, 5) is 10.8. The van der Waals surface area contributed by atoms with Gasteiger partial charge >= 0.3 is 5.97 Å². The summed E-state index contributed by atoms with van der Waals surface area (Å²) < 4.78 is 6.07. The molecule has 3 nitrogen and oxygen atoms in total. The second-order valence-electron chi connectivity index (χ2n) is 7.95. The first kappa shape index (κ1) is 21.5. The molecule has 0 amide bonds. The van der Waals surface area contributed by atoms with E-state index in [0.29, 0.717) is 24.2 Å². The lowest BCUT2D eigenvalue weighted by Gasteiger charge is -2.19. The highest BCUT2D eigenvalue weighted by Crippen LogP contribution is 2.42. The molecule has 0 bridgehead atoms. The van der Waals surface area contributed by atoms with E-state index >= 15 is 0 Å². The predicted molar refractivity (Wildman–Crippen MR) is 127 cm³/mol. The first-order valence-corrected chi connectivity index (χ1v) is 11.9. The number of hydrogen-bond acceptors (Lipinski definition) is 3. The van der Waals surface area contributed by atoms with Gasteiger partial charge in [-0.25, -0.2) is 0 Å². The van der Waals surface area contributed by atoms with Gasteiger partial charge in [-0.15, -0.1) is 11.8 Å². The lowest BCUT2D eigenvalue weighted by molar-refractivity contribution is -0.137. The van der Waals surface area contributed by atoms with Crippen LogP contribution in [0.2, 0.25) is 0 Å². The topological polar surface area (TPSA) is 46.5 Å². The van der Waals surface area contributed by atoms with E-state index in [2.05, 4.69) is 78.9 Å². The molecule has 1 aliphatic rings. The number of thioether (sulfide) groups is 1. The van der Waals surface area contributed by atoms with E-state index in [4.69, 9.17) is 9.84 Å². The Morgan fingerprint density at radius 1 is 0.968 bits per heavy atom. The maximum Gasteiger partial charge on any atom is 0.303 e. The Labute approximate surface area is 188 Å². The maximum absolute atomic E-state index is 10.8. The minimum Gasteiger partial charge on any atom is -0.492 e. The molecular weight excluding hydrogens is 404 g/mol. The van der Waals surface area contributed by atoms with Gasteiger partial charge in [-0.3, -0.25) is 4.79 Å². The van der Waals surface area contributed by atoms with Gasteiger partial charge in [-0.1, -0.05) is 78.9 Å². The second-order valence-corrected chi connectivity index (χ2v) is 9.16. The third-order valence-electron chi connectivity index (χ3n) is 5.79. The fourth-order valence-electron chi connectivity index (χ4n) is 4.21. The van der Waals surface area contributed by atoms with Gasteiger partial charge in [0, 0.05) is 17.9 Å². The van der Waals surface area contributed by atoms with Crippen LogP contribution in [-0.4, -0.2) is 23.4 Å². The van der Waals surface area contributed by atoms with Gasteiger partial charge in [0.25, 0.3) is 0 Å². The molecule has 31 heavy (non-hydrogen) atoms. The number of hydrogen-bond donors (Lipinski definition) is 1. The molecule has 3 aromatic carbocycles. The Hall–Kier alpha value is -2.72. The zero-order valence-electron chi connectivity index (χ0n) is 17.6. The zero-order chi connectivity index (χ0) is 21.5. The number of para-hydroxylation sites is 1. The smallest absolute Gasteiger partial charge is 0.303 e. The summed E-state index contributed by atoms with van der Waals surface area (Å²) in [6, 6.07) is 27.7. The highest BCUT2D eigenvalue weighted by Gasteiger charge is 2.26. The van der Waals surface area contributed by atoms with Crippen molar-refractivity contribution in [1.82, 2.24) is 0 Å². The van der Waals surface area contributed by atoms with Gasteiger partial charge in [-0.05, 0) is 41.7 Å². The van der Waals surface area contributed by atoms with E-state index in [9.17, 15) is 4.79 Å². The lowest BCUT2D eigenvalue weighted by atomic mass is 9.95. The number of benzene rings is 3. The summed E-state index contributed by atoms with van der Waals surface area (Å²) in [5.74, 6) is 1.69. The normalized spacial score (nSPS) is 14.9. The predicted octanol–water partition coefficient (Wildman–Crippen LogP) is 6.48. The summed E-state index contributed by atoms with van der Waals surface area (Å²) in [7, 11) is 0. The minimum atomic E-state index is -0.741. The number of rotatable bonds is 10. The van der Waals surface area contributed by atoms with E-state index in [1.165, 1.54) is 16.7 Å². The number of fused-ring (bicyclic) bond motifs is 1. The van der Waals surface area contributed by atoms with E-state index in [-0.39, 0.29) is 6.42 Å². The maximum atomic E-state index is 10.8. The summed E-state index contributed by atoms with van der Waals surface area (Å²) in [5, 5.41) is 9.23. The van der Waals surface area contributed by atoms with Crippen molar-refractivity contribution < 1.29 is 14.6 Å². The Balaban J connectivity index is 1.40. The monoisotopic (exact) mass is 432 g/mol. The highest BCUT2D eigenvalue weighted by atomic mass is 32.2. The molecule has 0 fully saturated rings. The average molecular weight is 433 g/mol. The molecule has 0 radical (unpaired) electrons. The van der Waals surface area contributed by atoms with Crippen molar-refractivity contribution in [3.8, 4) is 5.75 Å². The first-order chi connectivity index (χ1) is 15.2. The van der Waals surface area contributed by atoms with Crippen LogP contribution in [0.1, 0.15) is 52.7 Å². The number of ether oxygens (including phenoxy) is 1. The van der Waals surface area contributed by atoms with Gasteiger partial charge < -0.3 is 9.84 Å². The number of aryl methyl sites for hydroxylation is 1. The molecular formula is C27H28O3S. The third-order valence-corrected chi connectivity index (χ3v) is 7.14. The molecule has 1 aliphatic heterocycles. The summed E-state index contributed by atoms with van der Waals surface area (Å²) in [6.07, 6.45) is 2.66. The van der Waals surface area contributed by atoms with E-state index in [1.54, 1.807) is 0 Å². The molecule has 0 spiro atoms. The molecule has 3 aromatic rings. The van der Waals surface area contributed by atoms with Crippen LogP contribution in [0.3, 0.4) is 0 Å². The van der Waals surface area contributed by atoms with Gasteiger partial charge in [0.2, 0.25) is 0 Å². The largest absolute Gasteiger partial charge is 0.492 e. The van der Waals surface area contributed by atoms with Crippen LogP contribution >= 0.6 is 11.8 Å². The van der Waals surface area contributed by atoms with Crippen molar-refractivity contribution in [2.45, 2.75) is 36.9 Å². The van der Waals surface area contributed by atoms with Crippen LogP contribution in [-0.2, 0) is 11.2 Å². The molecule has 160 valence electrons. The van der Waals surface area contributed by atoms with Crippen LogP contribution in [0.4, 0.5) is 0 Å². The van der Waals surface area contributed by atoms with E-state index < -0.39 is 5.97 Å². The molecule has 1 heterocycles. The SMILES string of the molecule is O=C(O)CCCc1cccc2c1OCC2CCSC(c1ccccc1)c1ccccc1. The Morgan fingerprint density at radius 3 is 2.29 bits per heavy atom. The first-order valence-electron chi connectivity index (χ1n) is 10.9. The quantitative estimate of drug-likeness (QED) is 0.398. The molecule has 0 aliphatic carbocycles. The summed E-state index contributed by atoms with van der Waals surface area (Å²) in [5.41, 5.74) is 5.09. The fraction of sp³-hybridized carbons (Fsp3) is 0.296. The number of carboxylic acids is 1. The highest BCUT2D eigenvalue weighted by molar-refractivity contribution is 7.99. The molecule has 1 unspecified atom stereocenters. The van der Waals surface area contributed by atoms with Gasteiger partial charge in [0.05, 0.1) is 11.9 Å². The summed E-state index contributed by atoms with van der Waals surface area (Å²) in [6.45, 7) is 0.715. The summed E-state index contributed by atoms with van der Waals surface area (Å²) >= 11 is 1.99. The molecule has 1 N–H and O–H groups in total. The Bertz CT molecular complexity index is 948. The van der Waals surface area contributed by atoms with Crippen molar-refractivity contribution >= 4 is 17.7 Å². The van der Waals surface area contributed by atoms with Crippen molar-refractivity contribution in [3.63, 3.8) is 0 Å². The van der Waals surface area contributed by atoms with Gasteiger partial charge in [0.15, 0.2) is 0 Å². The molecule has 1 atom stereocenters. The van der Waals surface area contributed by atoms with Crippen LogP contribution in [0.25, 0.3) is 0 Å². The van der Waals surface area contributed by atoms with Crippen LogP contribution in [0.5, 0.6) is 5.75 Å². The van der Waals surface area contributed by atoms with E-state index in [0.717, 1.165) is 29.9 Å². The fourth-order valence-corrected chi connectivity index (χ4v) is 5.57. The van der Waals surface area contributed by atoms with Crippen LogP contribution in [0, 0.1) is 0 Å². The van der Waals surface area contributed by atoms with Gasteiger partial charge in [-0.2, -0.15) is 0 Å². The molecule has 4 rings (SSSR count). The minimum absolute atomic E-state index is 0.199. The Kier molecular flexibility index (Phi) is 7.31. The third kappa shape index (κ3) is 5.50. The molecule has 0 aromatic heterocycles. The molecule has 4 heteroatoms. The standard InChI is InChI=1S/C27H28O3S/c28-25(29)16-8-14-20-13-7-15-24-23(19-30-26(20)24)17-18-31-27(21-9-3-1-4-10-21)22-11-5-2-6-12-22/h1-7,9-13,15,23,27H,8,14,16-19H2,(H,28,29).